The molecule has 7 heteroatoms. The second-order valence-electron chi connectivity index (χ2n) is 6.04. The third-order valence-corrected chi connectivity index (χ3v) is 3.66. The highest BCUT2D eigenvalue weighted by molar-refractivity contribution is 5.79. The number of aromatic nitrogens is 3. The van der Waals surface area contributed by atoms with Gasteiger partial charge in [-0.25, -0.2) is 4.99 Å². The van der Waals surface area contributed by atoms with Gasteiger partial charge in [0.25, 0.3) is 0 Å². The van der Waals surface area contributed by atoms with Gasteiger partial charge >= 0.3 is 0 Å². The highest BCUT2D eigenvalue weighted by atomic mass is 16.5. The predicted molar refractivity (Wildman–Crippen MR) is 99.1 cm³/mol. The fraction of sp³-hybridized carbons (Fsp3) is 0.500. The van der Waals surface area contributed by atoms with E-state index in [1.165, 1.54) is 5.56 Å². The topological polar surface area (TPSA) is 76.4 Å². The highest BCUT2D eigenvalue weighted by Crippen LogP contribution is 2.03. The van der Waals surface area contributed by atoms with E-state index in [1.54, 1.807) is 6.33 Å². The Hall–Kier alpha value is -2.41. The molecule has 25 heavy (non-hydrogen) atoms. The first-order chi connectivity index (χ1) is 12.2. The van der Waals surface area contributed by atoms with Crippen LogP contribution in [0.1, 0.15) is 25.2 Å². The molecular formula is C18H28N6O. The number of aliphatic imine (C=N–C) groups is 1. The second-order valence-corrected chi connectivity index (χ2v) is 6.04. The van der Waals surface area contributed by atoms with Crippen molar-refractivity contribution in [1.29, 1.82) is 0 Å². The van der Waals surface area contributed by atoms with Gasteiger partial charge in [0.1, 0.15) is 12.9 Å². The highest BCUT2D eigenvalue weighted by Gasteiger charge is 2.06. The first-order valence-corrected chi connectivity index (χ1v) is 8.65. The lowest BCUT2D eigenvalue weighted by molar-refractivity contribution is 0.0931. The molecular weight excluding hydrogens is 316 g/mol. The van der Waals surface area contributed by atoms with Crippen LogP contribution in [-0.4, -0.2) is 40.4 Å². The van der Waals surface area contributed by atoms with Crippen molar-refractivity contribution >= 4 is 5.96 Å². The first kappa shape index (κ1) is 18.9. The van der Waals surface area contributed by atoms with Gasteiger partial charge in [-0.3, -0.25) is 0 Å². The van der Waals surface area contributed by atoms with Crippen molar-refractivity contribution in [2.45, 2.75) is 27.0 Å². The van der Waals surface area contributed by atoms with Crippen LogP contribution in [0.25, 0.3) is 0 Å². The Kier molecular flexibility index (Phi) is 7.91. The van der Waals surface area contributed by atoms with E-state index >= 15 is 0 Å². The Balaban J connectivity index is 1.72. The van der Waals surface area contributed by atoms with Crippen molar-refractivity contribution in [1.82, 2.24) is 25.4 Å². The molecule has 0 spiro atoms. The van der Waals surface area contributed by atoms with Crippen LogP contribution >= 0.6 is 0 Å². The van der Waals surface area contributed by atoms with Crippen LogP contribution in [0.5, 0.6) is 0 Å². The van der Waals surface area contributed by atoms with Gasteiger partial charge in [0.05, 0.1) is 13.2 Å². The first-order valence-electron chi connectivity index (χ1n) is 8.65. The van der Waals surface area contributed by atoms with Gasteiger partial charge in [-0.15, -0.1) is 10.2 Å². The standard InChI is InChI=1S/C18H28N6O/c1-4-19-18(21-11-17-23-22-14-24(17)3)20-10-15(2)12-25-13-16-8-6-5-7-9-16/h5-9,14-15H,4,10-13H2,1-3H3,(H2,19,20,21). The molecule has 1 atom stereocenters. The normalized spacial score (nSPS) is 12.8. The maximum absolute atomic E-state index is 5.79. The number of hydrogen-bond acceptors (Lipinski definition) is 4. The molecule has 2 N–H and O–H groups in total. The lowest BCUT2D eigenvalue weighted by Crippen LogP contribution is -2.40. The number of hydrogen-bond donors (Lipinski definition) is 2. The van der Waals surface area contributed by atoms with Crippen molar-refractivity contribution in [3.8, 4) is 0 Å². The molecule has 136 valence electrons. The minimum Gasteiger partial charge on any atom is -0.376 e. The molecule has 0 saturated heterocycles. The summed E-state index contributed by atoms with van der Waals surface area (Å²) < 4.78 is 7.65. The van der Waals surface area contributed by atoms with Crippen molar-refractivity contribution in [2.75, 3.05) is 19.7 Å². The maximum Gasteiger partial charge on any atom is 0.191 e. The predicted octanol–water partition coefficient (Wildman–Crippen LogP) is 1.72. The van der Waals surface area contributed by atoms with Crippen LogP contribution in [0, 0.1) is 5.92 Å². The van der Waals surface area contributed by atoms with Gasteiger partial charge in [0, 0.05) is 20.1 Å². The van der Waals surface area contributed by atoms with E-state index < -0.39 is 0 Å². The molecule has 2 aromatic rings. The molecule has 1 aromatic carbocycles. The average Bonchev–Trinajstić information content (AvgIpc) is 3.03. The number of aryl methyl sites for hydroxylation is 1. The molecule has 0 fully saturated rings. The third-order valence-electron chi connectivity index (χ3n) is 3.66. The molecule has 0 aliphatic heterocycles. The fourth-order valence-corrected chi connectivity index (χ4v) is 2.22. The van der Waals surface area contributed by atoms with E-state index in [2.05, 4.69) is 44.9 Å². The molecule has 2 rings (SSSR count). The summed E-state index contributed by atoms with van der Waals surface area (Å²) in [5, 5.41) is 14.5. The summed E-state index contributed by atoms with van der Waals surface area (Å²) >= 11 is 0. The van der Waals surface area contributed by atoms with Gasteiger partial charge < -0.3 is 19.9 Å². The van der Waals surface area contributed by atoms with Gasteiger partial charge in [-0.1, -0.05) is 37.3 Å². The van der Waals surface area contributed by atoms with E-state index in [1.807, 2.05) is 36.7 Å². The molecule has 1 aromatic heterocycles. The number of ether oxygens (including phenoxy) is 1. The number of rotatable bonds is 9. The van der Waals surface area contributed by atoms with Crippen LogP contribution in [0.3, 0.4) is 0 Å². The summed E-state index contributed by atoms with van der Waals surface area (Å²) in [7, 11) is 1.91. The van der Waals surface area contributed by atoms with Crippen molar-refractivity contribution in [2.24, 2.45) is 18.0 Å². The monoisotopic (exact) mass is 344 g/mol. The summed E-state index contributed by atoms with van der Waals surface area (Å²) in [6.07, 6.45) is 1.68. The van der Waals surface area contributed by atoms with E-state index in [-0.39, 0.29) is 0 Å². The van der Waals surface area contributed by atoms with Crippen LogP contribution in [-0.2, 0) is 24.9 Å². The largest absolute Gasteiger partial charge is 0.376 e. The van der Waals surface area contributed by atoms with Gasteiger partial charge in [0.2, 0.25) is 0 Å². The van der Waals surface area contributed by atoms with E-state index in [4.69, 9.17) is 4.74 Å². The van der Waals surface area contributed by atoms with Crippen molar-refractivity contribution in [3.05, 3.63) is 48.0 Å². The van der Waals surface area contributed by atoms with E-state index in [0.717, 1.165) is 24.9 Å². The number of nitrogens with one attached hydrogen (secondary N) is 2. The van der Waals surface area contributed by atoms with Gasteiger partial charge in [-0.05, 0) is 18.4 Å². The van der Waals surface area contributed by atoms with Crippen molar-refractivity contribution in [3.63, 3.8) is 0 Å². The van der Waals surface area contributed by atoms with Crippen LogP contribution in [0.2, 0.25) is 0 Å². The Morgan fingerprint density at radius 1 is 1.28 bits per heavy atom. The molecule has 1 heterocycles. The molecule has 7 nitrogen and oxygen atoms in total. The smallest absolute Gasteiger partial charge is 0.191 e. The zero-order valence-corrected chi connectivity index (χ0v) is 15.3. The lowest BCUT2D eigenvalue weighted by atomic mass is 10.2. The molecule has 0 aliphatic rings. The minimum atomic E-state index is 0.377. The lowest BCUT2D eigenvalue weighted by Gasteiger charge is -2.16. The molecule has 0 amide bonds. The Morgan fingerprint density at radius 2 is 2.08 bits per heavy atom. The molecule has 0 radical (unpaired) electrons. The summed E-state index contributed by atoms with van der Waals surface area (Å²) in [5.41, 5.74) is 1.20. The van der Waals surface area contributed by atoms with Crippen LogP contribution < -0.4 is 10.6 Å². The SMILES string of the molecule is CCNC(=NCc1nncn1C)NCC(C)COCc1ccccc1. The summed E-state index contributed by atoms with van der Waals surface area (Å²) in [4.78, 5) is 4.55. The Labute approximate surface area is 149 Å². The second kappa shape index (κ2) is 10.5. The fourth-order valence-electron chi connectivity index (χ4n) is 2.22. The maximum atomic E-state index is 5.79. The number of benzene rings is 1. The van der Waals surface area contributed by atoms with E-state index in [9.17, 15) is 0 Å². The third kappa shape index (κ3) is 6.93. The molecule has 0 aliphatic carbocycles. The van der Waals surface area contributed by atoms with E-state index in [0.29, 0.717) is 25.7 Å². The zero-order valence-electron chi connectivity index (χ0n) is 15.3. The average molecular weight is 344 g/mol. The van der Waals surface area contributed by atoms with Crippen LogP contribution in [0.4, 0.5) is 0 Å². The summed E-state index contributed by atoms with van der Waals surface area (Å²) in [5.74, 6) is 1.99. The van der Waals surface area contributed by atoms with Gasteiger partial charge in [-0.2, -0.15) is 0 Å². The molecule has 1 unspecified atom stereocenters. The van der Waals surface area contributed by atoms with Crippen LogP contribution in [0.15, 0.2) is 41.7 Å². The Bertz CT molecular complexity index is 640. The number of nitrogens with zero attached hydrogens (tertiary/aromatic N) is 4. The molecule has 0 bridgehead atoms. The number of guanidine groups is 1. The van der Waals surface area contributed by atoms with Gasteiger partial charge in [0.15, 0.2) is 11.8 Å². The molecule has 0 saturated carbocycles. The van der Waals surface area contributed by atoms with Crippen molar-refractivity contribution < 1.29 is 4.74 Å². The minimum absolute atomic E-state index is 0.377. The summed E-state index contributed by atoms with van der Waals surface area (Å²) in [6, 6.07) is 10.2. The zero-order chi connectivity index (χ0) is 17.9. The summed E-state index contributed by atoms with van der Waals surface area (Å²) in [6.45, 7) is 7.64. The quantitative estimate of drug-likeness (QED) is 0.535. The Morgan fingerprint density at radius 3 is 2.76 bits per heavy atom.